The van der Waals surface area contributed by atoms with E-state index in [0.29, 0.717) is 24.9 Å². The predicted octanol–water partition coefficient (Wildman–Crippen LogP) is 2.50. The summed E-state index contributed by atoms with van der Waals surface area (Å²) < 4.78 is 5.40. The molecule has 1 N–H and O–H groups in total. The highest BCUT2D eigenvalue weighted by Crippen LogP contribution is 2.14. The van der Waals surface area contributed by atoms with Gasteiger partial charge in [0.15, 0.2) is 0 Å². The number of rotatable bonds is 5. The number of hydrogen-bond donors (Lipinski definition) is 1. The van der Waals surface area contributed by atoms with Crippen molar-refractivity contribution < 1.29 is 4.74 Å². The normalized spacial score (nSPS) is 10.3. The van der Waals surface area contributed by atoms with Gasteiger partial charge in [0, 0.05) is 12.3 Å². The Morgan fingerprint density at radius 1 is 1.26 bits per heavy atom. The second-order valence-electron chi connectivity index (χ2n) is 4.19. The molecule has 0 saturated heterocycles. The standard InChI is InChI=1S/C14H18N4O/c1-4-19-14-8-13(17-11(3)18-14)16-9-12-10(2)6-5-7-15-12/h5-8H,4,9H2,1-3H3,(H,16,17,18). The Kier molecular flexibility index (Phi) is 4.28. The number of anilines is 1. The van der Waals surface area contributed by atoms with Gasteiger partial charge in [0.05, 0.1) is 18.8 Å². The first-order chi connectivity index (χ1) is 9.19. The van der Waals surface area contributed by atoms with Crippen molar-refractivity contribution in [1.82, 2.24) is 15.0 Å². The SMILES string of the molecule is CCOc1cc(NCc2ncccc2C)nc(C)n1. The van der Waals surface area contributed by atoms with Crippen molar-refractivity contribution in [1.29, 1.82) is 0 Å². The van der Waals surface area contributed by atoms with E-state index >= 15 is 0 Å². The smallest absolute Gasteiger partial charge is 0.218 e. The fraction of sp³-hybridized carbons (Fsp3) is 0.357. The molecule has 0 unspecified atom stereocenters. The summed E-state index contributed by atoms with van der Waals surface area (Å²) in [5.41, 5.74) is 2.17. The molecule has 5 nitrogen and oxygen atoms in total. The molecule has 5 heteroatoms. The van der Waals surface area contributed by atoms with E-state index < -0.39 is 0 Å². The zero-order valence-electron chi connectivity index (χ0n) is 11.5. The van der Waals surface area contributed by atoms with Crippen molar-refractivity contribution in [2.24, 2.45) is 0 Å². The number of pyridine rings is 1. The first-order valence-electron chi connectivity index (χ1n) is 6.32. The van der Waals surface area contributed by atoms with E-state index in [1.807, 2.05) is 32.9 Å². The average Bonchev–Trinajstić information content (AvgIpc) is 2.37. The molecule has 0 aliphatic carbocycles. The lowest BCUT2D eigenvalue weighted by Crippen LogP contribution is -2.07. The van der Waals surface area contributed by atoms with E-state index in [-0.39, 0.29) is 0 Å². The third-order valence-corrected chi connectivity index (χ3v) is 2.66. The van der Waals surface area contributed by atoms with Gasteiger partial charge in [-0.05, 0) is 32.4 Å². The molecule has 0 aromatic carbocycles. The highest BCUT2D eigenvalue weighted by atomic mass is 16.5. The van der Waals surface area contributed by atoms with Gasteiger partial charge in [0.1, 0.15) is 11.6 Å². The number of aromatic nitrogens is 3. The van der Waals surface area contributed by atoms with Gasteiger partial charge < -0.3 is 10.1 Å². The lowest BCUT2D eigenvalue weighted by Gasteiger charge is -2.09. The summed E-state index contributed by atoms with van der Waals surface area (Å²) in [4.78, 5) is 12.9. The van der Waals surface area contributed by atoms with E-state index in [9.17, 15) is 0 Å². The number of hydrogen-bond acceptors (Lipinski definition) is 5. The van der Waals surface area contributed by atoms with Crippen LogP contribution in [0.1, 0.15) is 24.0 Å². The molecule has 0 amide bonds. The van der Waals surface area contributed by atoms with Crippen LogP contribution in [0.4, 0.5) is 5.82 Å². The molecule has 0 spiro atoms. The molecule has 2 aromatic heterocycles. The maximum Gasteiger partial charge on any atom is 0.218 e. The first kappa shape index (κ1) is 13.3. The summed E-state index contributed by atoms with van der Waals surface area (Å²) in [6.07, 6.45) is 1.79. The Balaban J connectivity index is 2.09. The summed E-state index contributed by atoms with van der Waals surface area (Å²) in [5.74, 6) is 2.03. The highest BCUT2D eigenvalue weighted by Gasteiger charge is 2.04. The van der Waals surface area contributed by atoms with Crippen LogP contribution in [-0.2, 0) is 6.54 Å². The van der Waals surface area contributed by atoms with Crippen LogP contribution in [0.25, 0.3) is 0 Å². The molecular formula is C14H18N4O. The molecule has 2 aromatic rings. The zero-order chi connectivity index (χ0) is 13.7. The maximum atomic E-state index is 5.40. The largest absolute Gasteiger partial charge is 0.478 e. The third-order valence-electron chi connectivity index (χ3n) is 2.66. The van der Waals surface area contributed by atoms with E-state index in [1.54, 1.807) is 12.3 Å². The van der Waals surface area contributed by atoms with Gasteiger partial charge in [-0.3, -0.25) is 4.98 Å². The molecular weight excluding hydrogens is 240 g/mol. The minimum Gasteiger partial charge on any atom is -0.478 e. The quantitative estimate of drug-likeness (QED) is 0.892. The van der Waals surface area contributed by atoms with Crippen LogP contribution >= 0.6 is 0 Å². The molecule has 19 heavy (non-hydrogen) atoms. The predicted molar refractivity (Wildman–Crippen MR) is 74.2 cm³/mol. The van der Waals surface area contributed by atoms with Gasteiger partial charge in [0.25, 0.3) is 0 Å². The van der Waals surface area contributed by atoms with Crippen molar-refractivity contribution in [3.63, 3.8) is 0 Å². The molecule has 0 saturated carbocycles. The summed E-state index contributed by atoms with van der Waals surface area (Å²) in [6.45, 7) is 7.05. The molecule has 0 radical (unpaired) electrons. The summed E-state index contributed by atoms with van der Waals surface area (Å²) in [6, 6.07) is 5.77. The molecule has 0 bridgehead atoms. The number of ether oxygens (including phenoxy) is 1. The van der Waals surface area contributed by atoms with E-state index in [0.717, 1.165) is 17.1 Å². The average molecular weight is 258 g/mol. The molecule has 100 valence electrons. The Hall–Kier alpha value is -2.17. The first-order valence-corrected chi connectivity index (χ1v) is 6.32. The lowest BCUT2D eigenvalue weighted by atomic mass is 10.2. The van der Waals surface area contributed by atoms with Crippen LogP contribution < -0.4 is 10.1 Å². The second kappa shape index (κ2) is 6.13. The molecule has 2 rings (SSSR count). The summed E-state index contributed by atoms with van der Waals surface area (Å²) in [7, 11) is 0. The Morgan fingerprint density at radius 3 is 2.84 bits per heavy atom. The number of nitrogens with one attached hydrogen (secondary N) is 1. The minimum absolute atomic E-state index is 0.593. The van der Waals surface area contributed by atoms with Gasteiger partial charge >= 0.3 is 0 Å². The summed E-state index contributed by atoms with van der Waals surface area (Å²) >= 11 is 0. The van der Waals surface area contributed by atoms with E-state index in [2.05, 4.69) is 20.3 Å². The van der Waals surface area contributed by atoms with E-state index in [1.165, 1.54) is 0 Å². The number of nitrogens with zero attached hydrogens (tertiary/aromatic N) is 3. The second-order valence-corrected chi connectivity index (χ2v) is 4.19. The van der Waals surface area contributed by atoms with Crippen LogP contribution in [0.5, 0.6) is 5.88 Å². The van der Waals surface area contributed by atoms with Crippen molar-refractivity contribution in [2.45, 2.75) is 27.3 Å². The topological polar surface area (TPSA) is 59.9 Å². The fourth-order valence-electron chi connectivity index (χ4n) is 1.73. The van der Waals surface area contributed by atoms with Crippen molar-refractivity contribution >= 4 is 5.82 Å². The third kappa shape index (κ3) is 3.64. The van der Waals surface area contributed by atoms with Crippen LogP contribution in [0.2, 0.25) is 0 Å². The molecule has 0 aliphatic heterocycles. The lowest BCUT2D eigenvalue weighted by molar-refractivity contribution is 0.325. The monoisotopic (exact) mass is 258 g/mol. The minimum atomic E-state index is 0.593. The van der Waals surface area contributed by atoms with Crippen molar-refractivity contribution in [2.75, 3.05) is 11.9 Å². The highest BCUT2D eigenvalue weighted by molar-refractivity contribution is 5.39. The molecule has 2 heterocycles. The number of aryl methyl sites for hydroxylation is 2. The van der Waals surface area contributed by atoms with Crippen LogP contribution in [-0.4, -0.2) is 21.6 Å². The van der Waals surface area contributed by atoms with Gasteiger partial charge in [-0.1, -0.05) is 6.07 Å². The maximum absolute atomic E-state index is 5.40. The fourth-order valence-corrected chi connectivity index (χ4v) is 1.73. The Labute approximate surface area is 113 Å². The van der Waals surface area contributed by atoms with Crippen LogP contribution in [0.15, 0.2) is 24.4 Å². The van der Waals surface area contributed by atoms with Gasteiger partial charge in [0.2, 0.25) is 5.88 Å². The van der Waals surface area contributed by atoms with Crippen molar-refractivity contribution in [3.05, 3.63) is 41.5 Å². The van der Waals surface area contributed by atoms with E-state index in [4.69, 9.17) is 4.74 Å². The van der Waals surface area contributed by atoms with Gasteiger partial charge in [-0.15, -0.1) is 0 Å². The Morgan fingerprint density at radius 2 is 2.11 bits per heavy atom. The summed E-state index contributed by atoms with van der Waals surface area (Å²) in [5, 5.41) is 3.25. The molecule has 0 fully saturated rings. The zero-order valence-corrected chi connectivity index (χ0v) is 11.5. The molecule has 0 atom stereocenters. The van der Waals surface area contributed by atoms with Gasteiger partial charge in [-0.25, -0.2) is 4.98 Å². The van der Waals surface area contributed by atoms with Crippen LogP contribution in [0, 0.1) is 13.8 Å². The van der Waals surface area contributed by atoms with Crippen LogP contribution in [0.3, 0.4) is 0 Å². The van der Waals surface area contributed by atoms with Gasteiger partial charge in [-0.2, -0.15) is 4.98 Å². The van der Waals surface area contributed by atoms with Crippen molar-refractivity contribution in [3.8, 4) is 5.88 Å². The molecule has 0 aliphatic rings. The Bertz CT molecular complexity index is 557.